The average Bonchev–Trinajstić information content (AvgIpc) is 2.77. The first kappa shape index (κ1) is 11.7. The SMILES string of the molecule is CCN(C(=S)SC)C12CCCC1CCC2. The molecule has 2 aliphatic carbocycles. The van der Waals surface area contributed by atoms with E-state index in [1.807, 2.05) is 0 Å². The molecule has 0 spiro atoms. The van der Waals surface area contributed by atoms with Gasteiger partial charge in [-0.3, -0.25) is 0 Å². The Kier molecular flexibility index (Phi) is 3.61. The number of hydrogen-bond acceptors (Lipinski definition) is 2. The molecule has 2 saturated carbocycles. The van der Waals surface area contributed by atoms with Crippen molar-refractivity contribution >= 4 is 28.3 Å². The zero-order valence-corrected chi connectivity index (χ0v) is 11.4. The lowest BCUT2D eigenvalue weighted by Crippen LogP contribution is -2.50. The Morgan fingerprint density at radius 2 is 2.00 bits per heavy atom. The Hall–Kier alpha value is 0.240. The van der Waals surface area contributed by atoms with E-state index in [0.29, 0.717) is 5.54 Å². The predicted molar refractivity (Wildman–Crippen MR) is 72.4 cm³/mol. The third-order valence-corrected chi connectivity index (χ3v) is 5.62. The Morgan fingerprint density at radius 3 is 2.47 bits per heavy atom. The molecule has 2 aliphatic rings. The predicted octanol–water partition coefficient (Wildman–Crippen LogP) is 3.68. The van der Waals surface area contributed by atoms with Gasteiger partial charge in [-0.25, -0.2) is 0 Å². The first-order valence-electron chi connectivity index (χ1n) is 6.10. The second kappa shape index (κ2) is 4.62. The molecular formula is C12H21NS2. The van der Waals surface area contributed by atoms with Gasteiger partial charge >= 0.3 is 0 Å². The van der Waals surface area contributed by atoms with Crippen LogP contribution >= 0.6 is 24.0 Å². The van der Waals surface area contributed by atoms with E-state index >= 15 is 0 Å². The summed E-state index contributed by atoms with van der Waals surface area (Å²) in [6.07, 6.45) is 10.6. The smallest absolute Gasteiger partial charge is 0.136 e. The molecular weight excluding hydrogens is 222 g/mol. The largest absolute Gasteiger partial charge is 0.352 e. The van der Waals surface area contributed by atoms with Gasteiger partial charge in [0.05, 0.1) is 0 Å². The van der Waals surface area contributed by atoms with Crippen LogP contribution in [-0.2, 0) is 0 Å². The van der Waals surface area contributed by atoms with Crippen LogP contribution < -0.4 is 0 Å². The summed E-state index contributed by atoms with van der Waals surface area (Å²) >= 11 is 7.27. The number of thioether (sulfide) groups is 1. The quantitative estimate of drug-likeness (QED) is 0.681. The van der Waals surface area contributed by atoms with Crippen molar-refractivity contribution < 1.29 is 0 Å². The molecule has 0 saturated heterocycles. The van der Waals surface area contributed by atoms with Crippen LogP contribution in [0.1, 0.15) is 45.4 Å². The van der Waals surface area contributed by atoms with Crippen LogP contribution in [0.25, 0.3) is 0 Å². The second-order valence-corrected chi connectivity index (χ2v) is 6.24. The van der Waals surface area contributed by atoms with Gasteiger partial charge in [-0.05, 0) is 44.8 Å². The van der Waals surface area contributed by atoms with Crippen LogP contribution in [0.4, 0.5) is 0 Å². The lowest BCUT2D eigenvalue weighted by Gasteiger charge is -2.43. The van der Waals surface area contributed by atoms with Crippen molar-refractivity contribution in [3.05, 3.63) is 0 Å². The molecule has 0 radical (unpaired) electrons. The summed E-state index contributed by atoms with van der Waals surface area (Å²) in [4.78, 5) is 2.54. The van der Waals surface area contributed by atoms with E-state index in [-0.39, 0.29) is 0 Å². The number of rotatable bonds is 2. The van der Waals surface area contributed by atoms with Crippen LogP contribution in [0.3, 0.4) is 0 Å². The summed E-state index contributed by atoms with van der Waals surface area (Å²) in [5, 5.41) is 0. The lowest BCUT2D eigenvalue weighted by atomic mass is 9.89. The highest BCUT2D eigenvalue weighted by Gasteiger charge is 2.50. The fraction of sp³-hybridized carbons (Fsp3) is 0.917. The third kappa shape index (κ3) is 1.82. The molecule has 0 heterocycles. The number of fused-ring (bicyclic) bond motifs is 1. The fourth-order valence-corrected chi connectivity index (χ4v) is 4.59. The van der Waals surface area contributed by atoms with Gasteiger partial charge in [0.1, 0.15) is 4.32 Å². The molecule has 2 fully saturated rings. The monoisotopic (exact) mass is 243 g/mol. The van der Waals surface area contributed by atoms with Gasteiger partial charge in [0.15, 0.2) is 0 Å². The van der Waals surface area contributed by atoms with Gasteiger partial charge < -0.3 is 4.90 Å². The maximum absolute atomic E-state index is 5.52. The average molecular weight is 243 g/mol. The maximum Gasteiger partial charge on any atom is 0.136 e. The van der Waals surface area contributed by atoms with E-state index in [0.717, 1.165) is 16.8 Å². The van der Waals surface area contributed by atoms with Crippen molar-refractivity contribution in [2.24, 2.45) is 5.92 Å². The van der Waals surface area contributed by atoms with E-state index in [9.17, 15) is 0 Å². The first-order valence-corrected chi connectivity index (χ1v) is 7.73. The number of nitrogens with zero attached hydrogens (tertiary/aromatic N) is 1. The van der Waals surface area contributed by atoms with Crippen LogP contribution in [0.15, 0.2) is 0 Å². The lowest BCUT2D eigenvalue weighted by molar-refractivity contribution is 0.158. The van der Waals surface area contributed by atoms with Gasteiger partial charge in [0, 0.05) is 12.1 Å². The normalized spacial score (nSPS) is 34.1. The first-order chi connectivity index (χ1) is 7.24. The molecule has 0 unspecified atom stereocenters. The molecule has 0 aromatic heterocycles. The molecule has 0 aliphatic heterocycles. The van der Waals surface area contributed by atoms with Gasteiger partial charge in [0.2, 0.25) is 0 Å². The third-order valence-electron chi connectivity index (χ3n) is 4.33. The molecule has 0 bridgehead atoms. The summed E-state index contributed by atoms with van der Waals surface area (Å²) in [5.74, 6) is 0.933. The molecule has 3 heteroatoms. The van der Waals surface area contributed by atoms with Gasteiger partial charge in [-0.2, -0.15) is 0 Å². The zero-order valence-electron chi connectivity index (χ0n) is 9.79. The molecule has 2 rings (SSSR count). The standard InChI is InChI=1S/C12H21NS2/c1-3-13(11(14)15-2)12-8-4-6-10(12)7-5-9-12/h10H,3-9H2,1-2H3. The number of thiocarbonyl (C=S) groups is 1. The van der Waals surface area contributed by atoms with Crippen LogP contribution in [-0.4, -0.2) is 27.6 Å². The summed E-state index contributed by atoms with van der Waals surface area (Å²) in [5.41, 5.74) is 0.467. The van der Waals surface area contributed by atoms with Crippen molar-refractivity contribution in [3.63, 3.8) is 0 Å². The minimum Gasteiger partial charge on any atom is -0.352 e. The van der Waals surface area contributed by atoms with Gasteiger partial charge in [-0.1, -0.05) is 25.1 Å². The minimum absolute atomic E-state index is 0.467. The highest BCUT2D eigenvalue weighted by molar-refractivity contribution is 8.22. The summed E-state index contributed by atoms with van der Waals surface area (Å²) in [7, 11) is 0. The molecule has 0 aromatic carbocycles. The molecule has 1 nitrogen and oxygen atoms in total. The maximum atomic E-state index is 5.52. The Labute approximate surface area is 103 Å². The van der Waals surface area contributed by atoms with E-state index in [1.54, 1.807) is 11.8 Å². The zero-order chi connectivity index (χ0) is 10.9. The van der Waals surface area contributed by atoms with Crippen LogP contribution in [0.5, 0.6) is 0 Å². The minimum atomic E-state index is 0.467. The fourth-order valence-electron chi connectivity index (χ4n) is 3.75. The summed E-state index contributed by atoms with van der Waals surface area (Å²) in [6, 6.07) is 0. The van der Waals surface area contributed by atoms with E-state index in [2.05, 4.69) is 18.1 Å². The number of hydrogen-bond donors (Lipinski definition) is 0. The molecule has 86 valence electrons. The van der Waals surface area contributed by atoms with Gasteiger partial charge in [-0.15, -0.1) is 11.8 Å². The molecule has 0 N–H and O–H groups in total. The molecule has 0 amide bonds. The van der Waals surface area contributed by atoms with Crippen molar-refractivity contribution in [1.29, 1.82) is 0 Å². The highest BCUT2D eigenvalue weighted by Crippen LogP contribution is 2.51. The molecule has 15 heavy (non-hydrogen) atoms. The van der Waals surface area contributed by atoms with E-state index < -0.39 is 0 Å². The summed E-state index contributed by atoms with van der Waals surface area (Å²) in [6.45, 7) is 3.35. The Balaban J connectivity index is 2.21. The molecule has 0 atom stereocenters. The van der Waals surface area contributed by atoms with Crippen LogP contribution in [0, 0.1) is 5.92 Å². The topological polar surface area (TPSA) is 3.24 Å². The molecule has 0 aromatic rings. The van der Waals surface area contributed by atoms with Gasteiger partial charge in [0.25, 0.3) is 0 Å². The summed E-state index contributed by atoms with van der Waals surface area (Å²) < 4.78 is 1.12. The second-order valence-electron chi connectivity index (χ2n) is 4.80. The Bertz CT molecular complexity index is 242. The van der Waals surface area contributed by atoms with Crippen molar-refractivity contribution in [3.8, 4) is 0 Å². The van der Waals surface area contributed by atoms with Crippen molar-refractivity contribution in [2.75, 3.05) is 12.8 Å². The van der Waals surface area contributed by atoms with E-state index in [1.165, 1.54) is 38.5 Å². The highest BCUT2D eigenvalue weighted by atomic mass is 32.2. The van der Waals surface area contributed by atoms with Crippen molar-refractivity contribution in [2.45, 2.75) is 51.0 Å². The van der Waals surface area contributed by atoms with Crippen molar-refractivity contribution in [1.82, 2.24) is 4.90 Å². The van der Waals surface area contributed by atoms with E-state index in [4.69, 9.17) is 12.2 Å². The van der Waals surface area contributed by atoms with Crippen LogP contribution in [0.2, 0.25) is 0 Å². The Morgan fingerprint density at radius 1 is 1.40 bits per heavy atom.